The average molecular weight is 527 g/mol. The number of allylic oxidation sites excluding steroid dienone is 1. The van der Waals surface area contributed by atoms with Crippen LogP contribution in [-0.2, 0) is 0 Å². The first-order valence-electron chi connectivity index (χ1n) is 14.0. The first-order chi connectivity index (χ1) is 20.3. The number of aromatic nitrogens is 1. The zero-order chi connectivity index (χ0) is 27.8. The summed E-state index contributed by atoms with van der Waals surface area (Å²) in [7, 11) is 0. The Morgan fingerprint density at radius 1 is 0.585 bits per heavy atom. The van der Waals surface area contributed by atoms with Gasteiger partial charge in [0.15, 0.2) is 0 Å². The third-order valence-corrected chi connectivity index (χ3v) is 7.81. The van der Waals surface area contributed by atoms with Gasteiger partial charge in [-0.25, -0.2) is 0 Å². The lowest BCUT2D eigenvalue weighted by Gasteiger charge is -2.26. The molecule has 7 rings (SSSR count). The summed E-state index contributed by atoms with van der Waals surface area (Å²) in [6.45, 7) is 6.29. The second kappa shape index (κ2) is 10.3. The van der Waals surface area contributed by atoms with Crippen LogP contribution in [0.4, 0.5) is 17.1 Å². The summed E-state index contributed by atoms with van der Waals surface area (Å²) < 4.78 is 2.35. The van der Waals surface area contributed by atoms with Crippen LogP contribution in [0.15, 0.2) is 146 Å². The maximum Gasteiger partial charge on any atom is 0.0620 e. The van der Waals surface area contributed by atoms with Crippen LogP contribution in [0.1, 0.15) is 18.2 Å². The molecule has 41 heavy (non-hydrogen) atoms. The summed E-state index contributed by atoms with van der Waals surface area (Å²) >= 11 is 0. The van der Waals surface area contributed by atoms with Gasteiger partial charge in [0.25, 0.3) is 0 Å². The van der Waals surface area contributed by atoms with E-state index >= 15 is 0 Å². The molecule has 0 saturated heterocycles. The predicted octanol–water partition coefficient (Wildman–Crippen LogP) is 11.1. The van der Waals surface area contributed by atoms with E-state index in [9.17, 15) is 0 Å². The molecule has 2 heteroatoms. The first-order valence-corrected chi connectivity index (χ1v) is 14.0. The second-order valence-electron chi connectivity index (χ2n) is 10.2. The normalized spacial score (nSPS) is 11.5. The molecule has 2 nitrogen and oxygen atoms in total. The third-order valence-electron chi connectivity index (χ3n) is 7.81. The van der Waals surface area contributed by atoms with Crippen molar-refractivity contribution in [2.75, 3.05) is 4.90 Å². The maximum atomic E-state index is 4.22. The van der Waals surface area contributed by atoms with E-state index in [-0.39, 0.29) is 0 Å². The zero-order valence-electron chi connectivity index (χ0n) is 23.0. The average Bonchev–Trinajstić information content (AvgIpc) is 3.36. The van der Waals surface area contributed by atoms with Crippen LogP contribution in [0.2, 0.25) is 0 Å². The van der Waals surface area contributed by atoms with Gasteiger partial charge in [0.2, 0.25) is 0 Å². The molecular weight excluding hydrogens is 496 g/mol. The number of anilines is 3. The lowest BCUT2D eigenvalue weighted by molar-refractivity contribution is 1.11. The summed E-state index contributed by atoms with van der Waals surface area (Å²) in [5.41, 5.74) is 7.94. The molecule has 0 radical (unpaired) electrons. The minimum absolute atomic E-state index is 1.09. The van der Waals surface area contributed by atoms with E-state index in [1.54, 1.807) is 0 Å². The van der Waals surface area contributed by atoms with E-state index in [2.05, 4.69) is 169 Å². The molecule has 0 unspecified atom stereocenters. The number of para-hydroxylation sites is 2. The summed E-state index contributed by atoms with van der Waals surface area (Å²) in [5, 5.41) is 6.07. The van der Waals surface area contributed by atoms with Crippen LogP contribution in [0, 0.1) is 0 Å². The van der Waals surface area contributed by atoms with Crippen LogP contribution in [0.3, 0.4) is 0 Å². The van der Waals surface area contributed by atoms with Crippen molar-refractivity contribution in [2.45, 2.75) is 6.92 Å². The van der Waals surface area contributed by atoms with E-state index in [1.807, 2.05) is 6.08 Å². The Morgan fingerprint density at radius 2 is 1.22 bits per heavy atom. The van der Waals surface area contributed by atoms with E-state index in [4.69, 9.17) is 0 Å². The topological polar surface area (TPSA) is 8.17 Å². The Kier molecular flexibility index (Phi) is 6.22. The molecule has 1 heterocycles. The highest BCUT2D eigenvalue weighted by Gasteiger charge is 2.19. The molecule has 0 bridgehead atoms. The van der Waals surface area contributed by atoms with E-state index in [0.29, 0.717) is 0 Å². The molecule has 6 aromatic carbocycles. The van der Waals surface area contributed by atoms with E-state index in [1.165, 1.54) is 38.0 Å². The Hall–Kier alpha value is -5.34. The summed E-state index contributed by atoms with van der Waals surface area (Å²) in [5.74, 6) is 0. The van der Waals surface area contributed by atoms with Gasteiger partial charge in [-0.15, -0.1) is 0 Å². The zero-order valence-corrected chi connectivity index (χ0v) is 23.0. The van der Waals surface area contributed by atoms with Crippen LogP contribution in [-0.4, -0.2) is 4.57 Å². The molecule has 7 aromatic rings. The summed E-state index contributed by atoms with van der Waals surface area (Å²) in [4.78, 5) is 2.35. The van der Waals surface area contributed by atoms with Crippen molar-refractivity contribution in [3.05, 3.63) is 157 Å². The Bertz CT molecular complexity index is 2060. The van der Waals surface area contributed by atoms with Crippen LogP contribution >= 0.6 is 0 Å². The number of fused-ring (bicyclic) bond motifs is 4. The Labute approximate surface area is 240 Å². The van der Waals surface area contributed by atoms with Crippen molar-refractivity contribution in [3.63, 3.8) is 0 Å². The van der Waals surface area contributed by atoms with Crippen molar-refractivity contribution in [2.24, 2.45) is 0 Å². The third kappa shape index (κ3) is 4.21. The molecule has 0 atom stereocenters. The van der Waals surface area contributed by atoms with Gasteiger partial charge in [-0.05, 0) is 77.7 Å². The molecule has 1 aromatic heterocycles. The van der Waals surface area contributed by atoms with Gasteiger partial charge < -0.3 is 9.47 Å². The SMILES string of the molecule is C=Cc1c(/C=C\C)c2ccc3ccc(N(c4ccccc4)c4ccc5ccccc5c4)cc3c2n1-c1ccccc1. The Balaban J connectivity index is 1.54. The number of nitrogens with zero attached hydrogens (tertiary/aromatic N) is 2. The van der Waals surface area contributed by atoms with Crippen molar-refractivity contribution in [1.82, 2.24) is 4.57 Å². The largest absolute Gasteiger partial charge is 0.310 e. The molecule has 0 aliphatic rings. The standard InChI is InChI=1S/C39H30N2/c1-3-13-35-36-25-22-29-21-24-34(27-37(29)39(36)41(38(35)4-2)32-18-9-6-10-19-32)40(31-16-7-5-8-17-31)33-23-20-28-14-11-12-15-30(28)26-33/h3-27H,2H2,1H3/b13-3-. The lowest BCUT2D eigenvalue weighted by atomic mass is 10.0. The van der Waals surface area contributed by atoms with E-state index < -0.39 is 0 Å². The number of hydrogen-bond donors (Lipinski definition) is 0. The minimum atomic E-state index is 1.09. The molecule has 0 aliphatic heterocycles. The van der Waals surface area contributed by atoms with Gasteiger partial charge in [0, 0.05) is 39.1 Å². The van der Waals surface area contributed by atoms with Gasteiger partial charge in [-0.2, -0.15) is 0 Å². The van der Waals surface area contributed by atoms with Crippen LogP contribution in [0.25, 0.3) is 50.3 Å². The molecule has 0 aliphatic carbocycles. The number of rotatable bonds is 6. The fourth-order valence-electron chi connectivity index (χ4n) is 6.00. The highest BCUT2D eigenvalue weighted by molar-refractivity contribution is 6.12. The fraction of sp³-hybridized carbons (Fsp3) is 0.0256. The second-order valence-corrected chi connectivity index (χ2v) is 10.2. The van der Waals surface area contributed by atoms with Crippen molar-refractivity contribution < 1.29 is 0 Å². The smallest absolute Gasteiger partial charge is 0.0620 e. The van der Waals surface area contributed by atoms with Crippen molar-refractivity contribution >= 4 is 61.7 Å². The maximum absolute atomic E-state index is 4.22. The monoisotopic (exact) mass is 526 g/mol. The van der Waals surface area contributed by atoms with Gasteiger partial charge in [-0.3, -0.25) is 0 Å². The minimum Gasteiger partial charge on any atom is -0.310 e. The summed E-state index contributed by atoms with van der Waals surface area (Å²) in [6, 6.07) is 47.7. The predicted molar refractivity (Wildman–Crippen MR) is 178 cm³/mol. The van der Waals surface area contributed by atoms with Gasteiger partial charge in [0.1, 0.15) is 0 Å². The molecule has 0 spiro atoms. The van der Waals surface area contributed by atoms with Crippen molar-refractivity contribution in [3.8, 4) is 5.69 Å². The quantitative estimate of drug-likeness (QED) is 0.209. The van der Waals surface area contributed by atoms with Crippen LogP contribution < -0.4 is 4.90 Å². The number of benzene rings is 6. The van der Waals surface area contributed by atoms with Gasteiger partial charge >= 0.3 is 0 Å². The van der Waals surface area contributed by atoms with Crippen LogP contribution in [0.5, 0.6) is 0 Å². The van der Waals surface area contributed by atoms with Gasteiger partial charge in [0.05, 0.1) is 11.2 Å². The number of hydrogen-bond acceptors (Lipinski definition) is 1. The molecule has 196 valence electrons. The fourth-order valence-corrected chi connectivity index (χ4v) is 6.00. The highest BCUT2D eigenvalue weighted by Crippen LogP contribution is 2.41. The molecule has 0 fully saturated rings. The first kappa shape index (κ1) is 24.7. The van der Waals surface area contributed by atoms with E-state index in [0.717, 1.165) is 28.4 Å². The Morgan fingerprint density at radius 3 is 1.95 bits per heavy atom. The molecule has 0 N–H and O–H groups in total. The lowest BCUT2D eigenvalue weighted by Crippen LogP contribution is -2.09. The molecular formula is C39H30N2. The summed E-state index contributed by atoms with van der Waals surface area (Å²) in [6.07, 6.45) is 6.28. The van der Waals surface area contributed by atoms with Gasteiger partial charge in [-0.1, -0.05) is 104 Å². The highest BCUT2D eigenvalue weighted by atomic mass is 15.1. The molecule has 0 saturated carbocycles. The molecule has 0 amide bonds. The van der Waals surface area contributed by atoms with Crippen molar-refractivity contribution in [1.29, 1.82) is 0 Å².